The maximum atomic E-state index is 13.4. The zero-order valence-electron chi connectivity index (χ0n) is 30.9. The summed E-state index contributed by atoms with van der Waals surface area (Å²) in [5, 5.41) is 22.0. The van der Waals surface area contributed by atoms with Crippen LogP contribution in [0.25, 0.3) is 0 Å². The minimum atomic E-state index is -1.28. The number of carbonyl (C=O) groups is 11. The highest BCUT2D eigenvalue weighted by Gasteiger charge is 2.47. The lowest BCUT2D eigenvalue weighted by atomic mass is 9.75. The second-order valence-electron chi connectivity index (χ2n) is 13.7. The van der Waals surface area contributed by atoms with Gasteiger partial charge in [0.05, 0.1) is 45.8 Å². The molecule has 4 aliphatic rings. The van der Waals surface area contributed by atoms with Gasteiger partial charge >= 0.3 is 0 Å². The topological polar surface area (TPSA) is 303 Å². The van der Waals surface area contributed by atoms with E-state index in [1.807, 2.05) is 0 Å². The van der Waals surface area contributed by atoms with Gasteiger partial charge in [-0.25, -0.2) is 0 Å². The van der Waals surface area contributed by atoms with E-state index in [0.717, 1.165) is 0 Å². The fourth-order valence-corrected chi connectivity index (χ4v) is 6.34. The molecule has 56 heavy (non-hydrogen) atoms. The number of hydrogen-bond donors (Lipinski definition) is 9. The first-order valence-electron chi connectivity index (χ1n) is 18.5. The zero-order valence-corrected chi connectivity index (χ0v) is 30.9. The highest BCUT2D eigenvalue weighted by atomic mass is 16.2. The minimum Gasteiger partial charge on any atom is -0.354 e. The Bertz CT molecular complexity index is 1610. The first kappa shape index (κ1) is 42.6. The van der Waals surface area contributed by atoms with E-state index in [-0.39, 0.29) is 32.5 Å². The highest BCUT2D eigenvalue weighted by molar-refractivity contribution is 5.98. The molecule has 1 aliphatic carbocycles. The number of amides is 11. The number of fused-ring (bicyclic) bond motifs is 3. The third-order valence-corrected chi connectivity index (χ3v) is 9.57. The lowest BCUT2D eigenvalue weighted by molar-refractivity contribution is -0.143. The predicted octanol–water partition coefficient (Wildman–Crippen LogP) is -6.10. The van der Waals surface area contributed by atoms with Crippen molar-refractivity contribution in [3.8, 4) is 0 Å². The van der Waals surface area contributed by atoms with E-state index < -0.39 is 128 Å². The van der Waals surface area contributed by atoms with Crippen LogP contribution in [0.5, 0.6) is 0 Å². The summed E-state index contributed by atoms with van der Waals surface area (Å²) in [5.74, 6) is -6.96. The fourth-order valence-electron chi connectivity index (χ4n) is 6.34. The summed E-state index contributed by atoms with van der Waals surface area (Å²) in [6.45, 7) is -3.10. The number of hydrogen-bond acceptors (Lipinski definition) is 11. The monoisotopic (exact) mass is 787 g/mol. The highest BCUT2D eigenvalue weighted by Crippen LogP contribution is 2.33. The summed E-state index contributed by atoms with van der Waals surface area (Å²) in [6, 6.07) is -1.96. The van der Waals surface area contributed by atoms with E-state index in [0.29, 0.717) is 38.5 Å². The summed E-state index contributed by atoms with van der Waals surface area (Å²) in [6.07, 6.45) is 5.91. The Morgan fingerprint density at radius 2 is 1.18 bits per heavy atom. The van der Waals surface area contributed by atoms with Crippen LogP contribution in [-0.4, -0.2) is 158 Å². The Balaban J connectivity index is 1.38. The molecule has 1 spiro atoms. The summed E-state index contributed by atoms with van der Waals surface area (Å²) < 4.78 is 0. The van der Waals surface area contributed by atoms with Crippen molar-refractivity contribution < 1.29 is 52.7 Å². The van der Waals surface area contributed by atoms with Gasteiger partial charge in [-0.3, -0.25) is 52.7 Å². The second kappa shape index (κ2) is 20.6. The lowest BCUT2D eigenvalue weighted by Crippen LogP contribution is -2.65. The number of rotatable bonds is 0. The van der Waals surface area contributed by atoms with Gasteiger partial charge in [0.2, 0.25) is 65.0 Å². The van der Waals surface area contributed by atoms with E-state index in [1.54, 1.807) is 12.2 Å². The molecule has 3 fully saturated rings. The van der Waals surface area contributed by atoms with Crippen molar-refractivity contribution in [1.29, 1.82) is 0 Å². The van der Waals surface area contributed by atoms with Crippen molar-refractivity contribution >= 4 is 65.0 Å². The SMILES string of the molecule is O=C1CCNC(=O)CNC(=O)C2(CCC2)NC(=O)C2CCCN2C(=O)CNC(=O)CNC(=O)CN2CCC=CCC(NC(=O)CNC(=O)CNC(=O)CN1)C2=O. The maximum absolute atomic E-state index is 13.4. The summed E-state index contributed by atoms with van der Waals surface area (Å²) in [4.78, 5) is 142. The van der Waals surface area contributed by atoms with E-state index in [9.17, 15) is 52.7 Å². The maximum Gasteiger partial charge on any atom is 0.246 e. The number of carbonyl (C=O) groups excluding carboxylic acids is 11. The van der Waals surface area contributed by atoms with Crippen molar-refractivity contribution in [3.63, 3.8) is 0 Å². The molecule has 22 nitrogen and oxygen atoms in total. The van der Waals surface area contributed by atoms with Crippen LogP contribution in [0.15, 0.2) is 12.2 Å². The molecule has 3 aliphatic heterocycles. The van der Waals surface area contributed by atoms with Crippen LogP contribution in [0.4, 0.5) is 0 Å². The Morgan fingerprint density at radius 1 is 0.589 bits per heavy atom. The van der Waals surface area contributed by atoms with E-state index in [4.69, 9.17) is 0 Å². The minimum absolute atomic E-state index is 0.108. The van der Waals surface area contributed by atoms with E-state index >= 15 is 0 Å². The van der Waals surface area contributed by atoms with Crippen molar-refractivity contribution in [1.82, 2.24) is 57.7 Å². The Labute approximate surface area is 321 Å². The molecule has 0 radical (unpaired) electrons. The second-order valence-corrected chi connectivity index (χ2v) is 13.7. The molecule has 2 saturated heterocycles. The molecule has 2 atom stereocenters. The van der Waals surface area contributed by atoms with Gasteiger partial charge in [0, 0.05) is 26.1 Å². The molecule has 3 heterocycles. The Hall–Kier alpha value is -6.09. The van der Waals surface area contributed by atoms with Crippen molar-refractivity contribution in [2.75, 3.05) is 65.4 Å². The largest absolute Gasteiger partial charge is 0.354 e. The van der Waals surface area contributed by atoms with Crippen LogP contribution in [0.3, 0.4) is 0 Å². The molecule has 2 unspecified atom stereocenters. The van der Waals surface area contributed by atoms with E-state index in [1.165, 1.54) is 9.80 Å². The van der Waals surface area contributed by atoms with Crippen LogP contribution in [0.2, 0.25) is 0 Å². The Kier molecular flexibility index (Phi) is 15.7. The molecule has 9 N–H and O–H groups in total. The quantitative estimate of drug-likeness (QED) is 0.104. The fraction of sp³-hybridized carbons (Fsp3) is 0.618. The zero-order chi connectivity index (χ0) is 40.7. The predicted molar refractivity (Wildman–Crippen MR) is 192 cm³/mol. The van der Waals surface area contributed by atoms with Crippen LogP contribution >= 0.6 is 0 Å². The van der Waals surface area contributed by atoms with Gasteiger partial charge in [0.25, 0.3) is 0 Å². The molecular formula is C34H49N11O11. The van der Waals surface area contributed by atoms with Crippen molar-refractivity contribution in [3.05, 3.63) is 12.2 Å². The van der Waals surface area contributed by atoms with Gasteiger partial charge in [-0.05, 0) is 44.9 Å². The molecule has 0 aromatic rings. The average Bonchev–Trinajstić information content (AvgIpc) is 3.65. The molecule has 11 amide bonds. The molecule has 1 saturated carbocycles. The van der Waals surface area contributed by atoms with Gasteiger partial charge < -0.3 is 57.7 Å². The molecule has 0 aromatic heterocycles. The summed E-state index contributed by atoms with van der Waals surface area (Å²) >= 11 is 0. The van der Waals surface area contributed by atoms with Gasteiger partial charge in [-0.2, -0.15) is 0 Å². The molecular weight excluding hydrogens is 738 g/mol. The first-order chi connectivity index (χ1) is 26.8. The van der Waals surface area contributed by atoms with Crippen LogP contribution in [-0.2, 0) is 52.7 Å². The Morgan fingerprint density at radius 3 is 1.84 bits per heavy atom. The van der Waals surface area contributed by atoms with Gasteiger partial charge in [-0.1, -0.05) is 12.2 Å². The molecule has 0 aromatic carbocycles. The third-order valence-electron chi connectivity index (χ3n) is 9.57. The first-order valence-corrected chi connectivity index (χ1v) is 18.5. The third kappa shape index (κ3) is 12.8. The molecule has 2 bridgehead atoms. The van der Waals surface area contributed by atoms with Crippen molar-refractivity contribution in [2.45, 2.75) is 69.0 Å². The van der Waals surface area contributed by atoms with Gasteiger partial charge in [-0.15, -0.1) is 0 Å². The molecule has 306 valence electrons. The molecule has 4 rings (SSSR count). The van der Waals surface area contributed by atoms with Crippen LogP contribution in [0, 0.1) is 0 Å². The average molecular weight is 788 g/mol. The normalized spacial score (nSPS) is 25.2. The van der Waals surface area contributed by atoms with Gasteiger partial charge in [0.15, 0.2) is 0 Å². The molecule has 22 heteroatoms. The van der Waals surface area contributed by atoms with Gasteiger partial charge in [0.1, 0.15) is 17.6 Å². The van der Waals surface area contributed by atoms with Crippen LogP contribution < -0.4 is 47.9 Å². The summed E-state index contributed by atoms with van der Waals surface area (Å²) in [5.41, 5.74) is -1.28. The smallest absolute Gasteiger partial charge is 0.246 e. The van der Waals surface area contributed by atoms with Crippen molar-refractivity contribution in [2.24, 2.45) is 0 Å². The number of nitrogens with one attached hydrogen (secondary N) is 9. The number of nitrogens with zero attached hydrogens (tertiary/aromatic N) is 2. The van der Waals surface area contributed by atoms with E-state index in [2.05, 4.69) is 47.9 Å². The lowest BCUT2D eigenvalue weighted by Gasteiger charge is -2.41. The van der Waals surface area contributed by atoms with Crippen LogP contribution in [0.1, 0.15) is 51.4 Å². The summed E-state index contributed by atoms with van der Waals surface area (Å²) in [7, 11) is 0. The standard InChI is InChI=1S/C34H49N11O11/c46-23-8-11-35-24(47)17-41-33(56)34(9-5-10-34)43-31(54)22-7-4-13-45(22)30(53)19-40-27(50)16-39-29(52)20-44-12-3-1-2-6-21(32(44)55)42-28(51)18-38-26(49)15-37-25(48)14-36-23/h1-2,21-22H,3-20H2,(H,35,47)(H,36,46)(H,37,48)(H,38,49)(H,39,52)(H,40,50)(H,41,56)(H,42,51)(H,43,54).